The van der Waals surface area contributed by atoms with Crippen LogP contribution in [0, 0.1) is 5.92 Å². The monoisotopic (exact) mass is 244 g/mol. The van der Waals surface area contributed by atoms with Crippen LogP contribution in [-0.2, 0) is 0 Å². The molecule has 0 aliphatic heterocycles. The van der Waals surface area contributed by atoms with Crippen molar-refractivity contribution < 1.29 is 0 Å². The highest BCUT2D eigenvalue weighted by Gasteiger charge is 2.04. The van der Waals surface area contributed by atoms with Gasteiger partial charge in [-0.1, -0.05) is 65.7 Å². The van der Waals surface area contributed by atoms with Crippen LogP contribution in [0.15, 0.2) is 0 Å². The Labute approximate surface area is 106 Å². The second kappa shape index (κ2) is 13.5. The van der Waals surface area contributed by atoms with Gasteiger partial charge in [0.05, 0.1) is 0 Å². The maximum absolute atomic E-state index is 2.37. The summed E-state index contributed by atoms with van der Waals surface area (Å²) in [5.74, 6) is 1.03. The summed E-state index contributed by atoms with van der Waals surface area (Å²) >= 11 is 0. The second-order valence-corrected chi connectivity index (χ2v) is 6.52. The van der Waals surface area contributed by atoms with Gasteiger partial charge in [-0.15, -0.1) is 8.58 Å². The first kappa shape index (κ1) is 16.4. The zero-order valence-electron chi connectivity index (χ0n) is 11.9. The van der Waals surface area contributed by atoms with Crippen LogP contribution in [0.5, 0.6) is 0 Å². The molecule has 16 heavy (non-hydrogen) atoms. The molecule has 0 heterocycles. The van der Waals surface area contributed by atoms with Gasteiger partial charge in [-0.2, -0.15) is 0 Å². The largest absolute Gasteiger partial charge is 0.122 e. The molecule has 2 atom stereocenters. The summed E-state index contributed by atoms with van der Waals surface area (Å²) in [6.07, 6.45) is 16.0. The molecular formula is C15H33P. The molecule has 98 valence electrons. The minimum absolute atomic E-state index is 1.03. The fourth-order valence-corrected chi connectivity index (χ4v) is 3.52. The second-order valence-electron chi connectivity index (χ2n) is 5.02. The standard InChI is InChI=1S/C15H33P/c1-4-7-9-10-13-16-14-12-15(6-3)11-8-5-2/h15-16H,4-14H2,1-3H3. The summed E-state index contributed by atoms with van der Waals surface area (Å²) in [6, 6.07) is 0. The van der Waals surface area contributed by atoms with Crippen LogP contribution in [0.3, 0.4) is 0 Å². The van der Waals surface area contributed by atoms with E-state index in [1.54, 1.807) is 0 Å². The van der Waals surface area contributed by atoms with Gasteiger partial charge in [-0.25, -0.2) is 0 Å². The fraction of sp³-hybridized carbons (Fsp3) is 1.00. The Kier molecular flexibility index (Phi) is 13.9. The molecule has 0 nitrogen and oxygen atoms in total. The number of hydrogen-bond acceptors (Lipinski definition) is 0. The van der Waals surface area contributed by atoms with E-state index in [-0.39, 0.29) is 0 Å². The van der Waals surface area contributed by atoms with Gasteiger partial charge >= 0.3 is 0 Å². The molecule has 0 aliphatic carbocycles. The highest BCUT2D eigenvalue weighted by molar-refractivity contribution is 7.37. The van der Waals surface area contributed by atoms with Crippen LogP contribution in [0.25, 0.3) is 0 Å². The Morgan fingerprint density at radius 2 is 1.50 bits per heavy atom. The van der Waals surface area contributed by atoms with Crippen LogP contribution < -0.4 is 0 Å². The lowest BCUT2D eigenvalue weighted by Crippen LogP contribution is -2.00. The molecule has 1 heteroatoms. The summed E-state index contributed by atoms with van der Waals surface area (Å²) in [7, 11) is 1.24. The van der Waals surface area contributed by atoms with Crippen LogP contribution in [0.1, 0.15) is 78.6 Å². The van der Waals surface area contributed by atoms with Crippen molar-refractivity contribution in [2.24, 2.45) is 5.92 Å². The first-order valence-electron chi connectivity index (χ1n) is 7.55. The summed E-state index contributed by atoms with van der Waals surface area (Å²) < 4.78 is 0. The van der Waals surface area contributed by atoms with Crippen molar-refractivity contribution in [1.82, 2.24) is 0 Å². The fourth-order valence-electron chi connectivity index (χ4n) is 2.15. The Hall–Kier alpha value is 0.430. The van der Waals surface area contributed by atoms with Crippen LogP contribution in [0.4, 0.5) is 0 Å². The van der Waals surface area contributed by atoms with Crippen molar-refractivity contribution in [3.63, 3.8) is 0 Å². The van der Waals surface area contributed by atoms with E-state index in [0.717, 1.165) is 5.92 Å². The average Bonchev–Trinajstić information content (AvgIpc) is 2.32. The van der Waals surface area contributed by atoms with Crippen molar-refractivity contribution >= 4 is 8.58 Å². The SMILES string of the molecule is CCCCCCPCCC(CC)CCCC. The van der Waals surface area contributed by atoms with E-state index < -0.39 is 0 Å². The van der Waals surface area contributed by atoms with Gasteiger partial charge in [0.25, 0.3) is 0 Å². The Balaban J connectivity index is 3.20. The molecule has 0 aliphatic rings. The molecule has 0 aromatic heterocycles. The average molecular weight is 244 g/mol. The predicted molar refractivity (Wildman–Crippen MR) is 80.1 cm³/mol. The van der Waals surface area contributed by atoms with Gasteiger partial charge in [-0.05, 0) is 31.1 Å². The zero-order chi connectivity index (χ0) is 12.1. The first-order chi connectivity index (χ1) is 7.85. The van der Waals surface area contributed by atoms with Crippen LogP contribution >= 0.6 is 8.58 Å². The Morgan fingerprint density at radius 1 is 0.750 bits per heavy atom. The molecule has 0 fully saturated rings. The zero-order valence-corrected chi connectivity index (χ0v) is 12.9. The first-order valence-corrected chi connectivity index (χ1v) is 8.97. The van der Waals surface area contributed by atoms with Crippen LogP contribution in [-0.4, -0.2) is 12.3 Å². The molecule has 0 spiro atoms. The van der Waals surface area contributed by atoms with Crippen molar-refractivity contribution in [1.29, 1.82) is 0 Å². The van der Waals surface area contributed by atoms with E-state index >= 15 is 0 Å². The lowest BCUT2D eigenvalue weighted by molar-refractivity contribution is 0.441. The van der Waals surface area contributed by atoms with Crippen molar-refractivity contribution in [2.75, 3.05) is 12.3 Å². The molecule has 0 bridgehead atoms. The van der Waals surface area contributed by atoms with Gasteiger partial charge in [-0.3, -0.25) is 0 Å². The third-order valence-electron chi connectivity index (χ3n) is 3.48. The minimum atomic E-state index is 1.03. The summed E-state index contributed by atoms with van der Waals surface area (Å²) in [6.45, 7) is 6.97. The molecule has 0 rings (SSSR count). The quantitative estimate of drug-likeness (QED) is 0.298. The smallest absolute Gasteiger partial charge is 0.0351 e. The highest BCUT2D eigenvalue weighted by atomic mass is 31.1. The molecular weight excluding hydrogens is 211 g/mol. The topological polar surface area (TPSA) is 0 Å². The Bertz CT molecular complexity index is 123. The van der Waals surface area contributed by atoms with Gasteiger partial charge in [0, 0.05) is 0 Å². The highest BCUT2D eigenvalue weighted by Crippen LogP contribution is 2.22. The molecule has 0 N–H and O–H groups in total. The van der Waals surface area contributed by atoms with Gasteiger partial charge < -0.3 is 0 Å². The van der Waals surface area contributed by atoms with Gasteiger partial charge in [0.2, 0.25) is 0 Å². The molecule has 0 saturated carbocycles. The molecule has 0 amide bonds. The summed E-state index contributed by atoms with van der Waals surface area (Å²) in [4.78, 5) is 0. The molecule has 0 aromatic carbocycles. The number of rotatable bonds is 12. The molecule has 0 aromatic rings. The van der Waals surface area contributed by atoms with Crippen LogP contribution in [0.2, 0.25) is 0 Å². The maximum atomic E-state index is 2.37. The minimum Gasteiger partial charge on any atom is -0.122 e. The summed E-state index contributed by atoms with van der Waals surface area (Å²) in [5, 5.41) is 0. The maximum Gasteiger partial charge on any atom is -0.0351 e. The third kappa shape index (κ3) is 10.9. The summed E-state index contributed by atoms with van der Waals surface area (Å²) in [5.41, 5.74) is 0. The van der Waals surface area contributed by atoms with E-state index in [1.807, 2.05) is 0 Å². The van der Waals surface area contributed by atoms with E-state index in [9.17, 15) is 0 Å². The van der Waals surface area contributed by atoms with Gasteiger partial charge in [0.1, 0.15) is 0 Å². The molecule has 2 unspecified atom stereocenters. The van der Waals surface area contributed by atoms with Crippen molar-refractivity contribution in [3.8, 4) is 0 Å². The normalized spacial score (nSPS) is 13.7. The van der Waals surface area contributed by atoms with E-state index in [0.29, 0.717) is 0 Å². The Morgan fingerprint density at radius 3 is 2.12 bits per heavy atom. The van der Waals surface area contributed by atoms with Crippen molar-refractivity contribution in [2.45, 2.75) is 78.6 Å². The lowest BCUT2D eigenvalue weighted by atomic mass is 9.97. The molecule has 0 radical (unpaired) electrons. The predicted octanol–water partition coefficient (Wildman–Crippen LogP) is 5.85. The third-order valence-corrected chi connectivity index (χ3v) is 4.83. The van der Waals surface area contributed by atoms with Crippen molar-refractivity contribution in [3.05, 3.63) is 0 Å². The number of hydrogen-bond donors (Lipinski definition) is 0. The lowest BCUT2D eigenvalue weighted by Gasteiger charge is -2.13. The van der Waals surface area contributed by atoms with Gasteiger partial charge in [0.15, 0.2) is 0 Å². The van der Waals surface area contributed by atoms with E-state index in [4.69, 9.17) is 0 Å². The van der Waals surface area contributed by atoms with E-state index in [2.05, 4.69) is 20.8 Å². The van der Waals surface area contributed by atoms with E-state index in [1.165, 1.54) is 78.7 Å². The molecule has 0 saturated heterocycles. The number of unbranched alkanes of at least 4 members (excludes halogenated alkanes) is 4.